The summed E-state index contributed by atoms with van der Waals surface area (Å²) in [5, 5.41) is 8.41. The molecule has 0 bridgehead atoms. The van der Waals surface area contributed by atoms with Gasteiger partial charge < -0.3 is 14.6 Å². The second-order valence-electron chi connectivity index (χ2n) is 9.39. The van der Waals surface area contributed by atoms with Gasteiger partial charge in [-0.2, -0.15) is 13.2 Å². The summed E-state index contributed by atoms with van der Waals surface area (Å²) in [5.41, 5.74) is 4.41. The van der Waals surface area contributed by atoms with Gasteiger partial charge >= 0.3 is 12.1 Å². The first-order chi connectivity index (χ1) is 20.4. The number of benzene rings is 3. The highest BCUT2D eigenvalue weighted by molar-refractivity contribution is 7.98. The van der Waals surface area contributed by atoms with Gasteiger partial charge in [-0.05, 0) is 73.4 Å². The molecule has 1 N–H and O–H groups in total. The highest BCUT2D eigenvalue weighted by Crippen LogP contribution is 2.43. The molecule has 1 heterocycles. The Morgan fingerprint density at radius 1 is 1.07 bits per heavy atom. The molecular formula is C30H26ClF5N2O4S. The van der Waals surface area contributed by atoms with E-state index in [4.69, 9.17) is 36.0 Å². The molecule has 6 nitrogen and oxygen atoms in total. The molecule has 0 spiro atoms. The number of hydrogen-bond donors (Lipinski definition) is 1. The second kappa shape index (κ2) is 13.7. The van der Waals surface area contributed by atoms with E-state index in [0.717, 1.165) is 47.1 Å². The van der Waals surface area contributed by atoms with Crippen molar-refractivity contribution in [2.45, 2.75) is 42.3 Å². The number of alkyl halides is 3. The highest BCUT2D eigenvalue weighted by Gasteiger charge is 2.38. The second-order valence-corrected chi connectivity index (χ2v) is 10.7. The number of methoxy groups -OCH3 is 2. The lowest BCUT2D eigenvalue weighted by molar-refractivity contribution is -0.192. The minimum atomic E-state index is -5.08. The monoisotopic (exact) mass is 640 g/mol. The number of rotatable bonds is 7. The summed E-state index contributed by atoms with van der Waals surface area (Å²) < 4.78 is 73.1. The third-order valence-corrected chi connectivity index (χ3v) is 8.02. The van der Waals surface area contributed by atoms with Crippen LogP contribution >= 0.6 is 23.4 Å². The molecule has 4 aromatic rings. The summed E-state index contributed by atoms with van der Waals surface area (Å²) >= 11 is 7.73. The number of aryl methyl sites for hydroxylation is 1. The number of hydrogen-bond acceptors (Lipinski definition) is 5. The lowest BCUT2D eigenvalue weighted by Gasteiger charge is -2.26. The molecule has 0 saturated heterocycles. The Kier molecular flexibility index (Phi) is 10.2. The van der Waals surface area contributed by atoms with Crippen LogP contribution in [0.1, 0.15) is 41.3 Å². The van der Waals surface area contributed by atoms with Gasteiger partial charge in [-0.25, -0.2) is 18.6 Å². The minimum Gasteiger partial charge on any atom is -0.496 e. The summed E-state index contributed by atoms with van der Waals surface area (Å²) in [4.78, 5) is 13.9. The molecule has 0 fully saturated rings. The number of carboxylic acid groups (broad SMARTS) is 1. The van der Waals surface area contributed by atoms with Gasteiger partial charge in [-0.15, -0.1) is 0 Å². The smallest absolute Gasteiger partial charge is 0.490 e. The van der Waals surface area contributed by atoms with Crippen LogP contribution in [-0.4, -0.2) is 41.0 Å². The quantitative estimate of drug-likeness (QED) is 0.162. The van der Waals surface area contributed by atoms with Crippen LogP contribution in [0.15, 0.2) is 65.8 Å². The number of thioether (sulfide) groups is 1. The van der Waals surface area contributed by atoms with Crippen LogP contribution in [0.2, 0.25) is 5.02 Å². The van der Waals surface area contributed by atoms with Gasteiger partial charge in [-0.1, -0.05) is 35.5 Å². The molecule has 1 aliphatic carbocycles. The minimum absolute atomic E-state index is 0.0508. The number of carbonyl (C=O) groups is 1. The Balaban J connectivity index is 0.000000541. The maximum Gasteiger partial charge on any atom is 0.490 e. The molecule has 1 atom stereocenters. The van der Waals surface area contributed by atoms with E-state index in [1.807, 2.05) is 18.2 Å². The van der Waals surface area contributed by atoms with Crippen molar-refractivity contribution in [2.75, 3.05) is 14.2 Å². The van der Waals surface area contributed by atoms with Crippen molar-refractivity contribution >= 4 is 29.3 Å². The van der Waals surface area contributed by atoms with Gasteiger partial charge in [0.1, 0.15) is 23.1 Å². The maximum atomic E-state index is 14.6. The van der Waals surface area contributed by atoms with Gasteiger partial charge in [0.2, 0.25) is 0 Å². The predicted octanol–water partition coefficient (Wildman–Crippen LogP) is 8.21. The Morgan fingerprint density at radius 2 is 1.74 bits per heavy atom. The van der Waals surface area contributed by atoms with Crippen molar-refractivity contribution in [3.63, 3.8) is 0 Å². The molecule has 3 aromatic carbocycles. The fraction of sp³-hybridized carbons (Fsp3) is 0.267. The van der Waals surface area contributed by atoms with Gasteiger partial charge in [0.15, 0.2) is 5.16 Å². The van der Waals surface area contributed by atoms with Crippen LogP contribution < -0.4 is 9.47 Å². The lowest BCUT2D eigenvalue weighted by atomic mass is 9.84. The topological polar surface area (TPSA) is 73.6 Å². The molecule has 0 radical (unpaired) electrons. The average molecular weight is 641 g/mol. The fourth-order valence-electron chi connectivity index (χ4n) is 4.77. The van der Waals surface area contributed by atoms with Crippen molar-refractivity contribution in [3.05, 3.63) is 99.8 Å². The number of nitrogens with zero attached hydrogens (tertiary/aromatic N) is 2. The third kappa shape index (κ3) is 7.42. The highest BCUT2D eigenvalue weighted by atomic mass is 35.5. The van der Waals surface area contributed by atoms with E-state index in [1.54, 1.807) is 31.4 Å². The molecule has 13 heteroatoms. The number of aromatic nitrogens is 2. The first-order valence-electron chi connectivity index (χ1n) is 12.9. The molecule has 0 amide bonds. The first kappa shape index (κ1) is 32.2. The Morgan fingerprint density at radius 3 is 2.37 bits per heavy atom. The Bertz CT molecular complexity index is 1590. The zero-order chi connectivity index (χ0) is 31.3. The standard InChI is InChI=1S/C28H25ClF2N2O2S.C2HF3O2/c1-34-25-8-4-6-23(31)21(25)16-36-28-32-24-7-3-5-20(17-9-14-22(29)26(15-17)35-2)27(24)33(28)19-12-10-18(30)11-13-19;3-2(4,5)1(6)7/h4,6,8-15,20H,3,5,7,16H2,1-2H3;(H,6,7). The van der Waals surface area contributed by atoms with Crippen molar-refractivity contribution in [1.82, 2.24) is 9.55 Å². The maximum absolute atomic E-state index is 14.6. The number of imidazole rings is 1. The normalized spacial score (nSPS) is 14.4. The van der Waals surface area contributed by atoms with Gasteiger partial charge in [-0.3, -0.25) is 4.57 Å². The van der Waals surface area contributed by atoms with Crippen LogP contribution in [0, 0.1) is 11.6 Å². The first-order valence-corrected chi connectivity index (χ1v) is 14.3. The van der Waals surface area contributed by atoms with Gasteiger partial charge in [0.05, 0.1) is 30.6 Å². The predicted molar refractivity (Wildman–Crippen MR) is 153 cm³/mol. The van der Waals surface area contributed by atoms with Crippen LogP contribution in [0.4, 0.5) is 22.0 Å². The van der Waals surface area contributed by atoms with Crippen molar-refractivity contribution in [1.29, 1.82) is 0 Å². The van der Waals surface area contributed by atoms with Crippen molar-refractivity contribution in [3.8, 4) is 17.2 Å². The number of carboxylic acids is 1. The summed E-state index contributed by atoms with van der Waals surface area (Å²) in [6.07, 6.45) is -2.34. The largest absolute Gasteiger partial charge is 0.496 e. The van der Waals surface area contributed by atoms with E-state index < -0.39 is 12.1 Å². The molecule has 1 unspecified atom stereocenters. The molecule has 0 saturated carbocycles. The Hall–Kier alpha value is -3.77. The molecule has 228 valence electrons. The SMILES string of the molecule is COc1cc(C2CCCc3nc(SCc4c(F)cccc4OC)n(-c4ccc(F)cc4)c32)ccc1Cl.O=C(O)C(F)(F)F. The average Bonchev–Trinajstić information content (AvgIpc) is 3.35. The van der Waals surface area contributed by atoms with E-state index in [0.29, 0.717) is 27.8 Å². The number of ether oxygens (including phenoxy) is 2. The number of fused-ring (bicyclic) bond motifs is 1. The van der Waals surface area contributed by atoms with Gasteiger partial charge in [0, 0.05) is 22.9 Å². The number of aliphatic carboxylic acids is 1. The molecule has 0 aliphatic heterocycles. The molecule has 1 aromatic heterocycles. The summed E-state index contributed by atoms with van der Waals surface area (Å²) in [6, 6.07) is 17.0. The molecular weight excluding hydrogens is 615 g/mol. The molecule has 1 aliphatic rings. The summed E-state index contributed by atoms with van der Waals surface area (Å²) in [7, 11) is 3.14. The van der Waals surface area contributed by atoms with E-state index in [1.165, 1.54) is 37.1 Å². The van der Waals surface area contributed by atoms with Crippen LogP contribution in [-0.2, 0) is 17.0 Å². The summed E-state index contributed by atoms with van der Waals surface area (Å²) in [5.74, 6) is -1.88. The van der Waals surface area contributed by atoms with E-state index in [9.17, 15) is 22.0 Å². The van der Waals surface area contributed by atoms with E-state index >= 15 is 0 Å². The van der Waals surface area contributed by atoms with Crippen molar-refractivity contribution < 1.29 is 41.3 Å². The van der Waals surface area contributed by atoms with Crippen LogP contribution in [0.25, 0.3) is 5.69 Å². The van der Waals surface area contributed by atoms with Crippen LogP contribution in [0.5, 0.6) is 11.5 Å². The molecule has 5 rings (SSSR count). The van der Waals surface area contributed by atoms with E-state index in [2.05, 4.69) is 4.57 Å². The van der Waals surface area contributed by atoms with Gasteiger partial charge in [0.25, 0.3) is 0 Å². The fourth-order valence-corrected chi connectivity index (χ4v) is 6.02. The Labute approximate surface area is 253 Å². The lowest BCUT2D eigenvalue weighted by Crippen LogP contribution is -2.21. The zero-order valence-electron chi connectivity index (χ0n) is 22.9. The molecule has 43 heavy (non-hydrogen) atoms. The van der Waals surface area contributed by atoms with E-state index in [-0.39, 0.29) is 17.6 Å². The third-order valence-electron chi connectivity index (χ3n) is 6.74. The zero-order valence-corrected chi connectivity index (χ0v) is 24.5. The number of halogens is 6. The van der Waals surface area contributed by atoms with Crippen LogP contribution in [0.3, 0.4) is 0 Å². The summed E-state index contributed by atoms with van der Waals surface area (Å²) in [6.45, 7) is 0. The van der Waals surface area contributed by atoms with Crippen molar-refractivity contribution in [2.24, 2.45) is 0 Å².